The van der Waals surface area contributed by atoms with Crippen LogP contribution in [0.5, 0.6) is 0 Å². The number of nitrogens with one attached hydrogen (secondary N) is 1. The van der Waals surface area contributed by atoms with Crippen molar-refractivity contribution >= 4 is 11.9 Å². The lowest BCUT2D eigenvalue weighted by molar-refractivity contribution is 0.183. The monoisotopic (exact) mass is 292 g/mol. The van der Waals surface area contributed by atoms with Gasteiger partial charge in [0.05, 0.1) is 12.6 Å². The van der Waals surface area contributed by atoms with E-state index in [1.165, 1.54) is 11.0 Å². The normalized spacial score (nSPS) is 12.2. The molecule has 2 rings (SSSR count). The third-order valence-corrected chi connectivity index (χ3v) is 2.95. The molecule has 0 aliphatic carbocycles. The van der Waals surface area contributed by atoms with Gasteiger partial charge in [-0.25, -0.2) is 4.98 Å². The van der Waals surface area contributed by atoms with Crippen LogP contribution in [0.3, 0.4) is 0 Å². The van der Waals surface area contributed by atoms with Crippen LogP contribution in [0.4, 0.5) is 11.9 Å². The van der Waals surface area contributed by atoms with Crippen molar-refractivity contribution in [2.24, 2.45) is 0 Å². The van der Waals surface area contributed by atoms with Crippen molar-refractivity contribution in [2.75, 3.05) is 37.5 Å². The van der Waals surface area contributed by atoms with E-state index < -0.39 is 0 Å². The smallest absolute Gasteiger partial charge is 0.258 e. The second kappa shape index (κ2) is 6.93. The van der Waals surface area contributed by atoms with Crippen LogP contribution in [0.1, 0.15) is 13.8 Å². The average Bonchev–Trinajstić information content (AvgIpc) is 3.01. The SMILES string of the molecule is CCNc1nc(N(C)C(C)COC)nc(-n2cncn2)n1. The number of rotatable bonds is 7. The van der Waals surface area contributed by atoms with Crippen molar-refractivity contribution < 1.29 is 4.74 Å². The molecule has 1 N–H and O–H groups in total. The molecule has 0 aromatic carbocycles. The summed E-state index contributed by atoms with van der Waals surface area (Å²) in [4.78, 5) is 19.0. The minimum Gasteiger partial charge on any atom is -0.383 e. The number of anilines is 2. The van der Waals surface area contributed by atoms with Gasteiger partial charge in [0.1, 0.15) is 12.7 Å². The summed E-state index contributed by atoms with van der Waals surface area (Å²) in [7, 11) is 3.59. The van der Waals surface area contributed by atoms with Gasteiger partial charge >= 0.3 is 0 Å². The maximum Gasteiger partial charge on any atom is 0.258 e. The summed E-state index contributed by atoms with van der Waals surface area (Å²) >= 11 is 0. The zero-order valence-corrected chi connectivity index (χ0v) is 12.7. The fraction of sp³-hybridized carbons (Fsp3) is 0.583. The van der Waals surface area contributed by atoms with Gasteiger partial charge in [0.15, 0.2) is 0 Å². The molecular formula is C12H20N8O. The molecule has 0 bridgehead atoms. The highest BCUT2D eigenvalue weighted by atomic mass is 16.5. The Morgan fingerprint density at radius 2 is 2.19 bits per heavy atom. The molecule has 0 fully saturated rings. The Morgan fingerprint density at radius 3 is 2.81 bits per heavy atom. The predicted molar refractivity (Wildman–Crippen MR) is 78.6 cm³/mol. The molecule has 0 radical (unpaired) electrons. The topological polar surface area (TPSA) is 93.9 Å². The summed E-state index contributed by atoms with van der Waals surface area (Å²) in [5.74, 6) is 1.48. The number of nitrogens with zero attached hydrogens (tertiary/aromatic N) is 7. The van der Waals surface area contributed by atoms with Crippen molar-refractivity contribution in [3.8, 4) is 5.95 Å². The first-order valence-electron chi connectivity index (χ1n) is 6.72. The molecule has 0 saturated heterocycles. The number of hydrogen-bond acceptors (Lipinski definition) is 8. The van der Waals surface area contributed by atoms with Crippen LogP contribution in [-0.2, 0) is 4.74 Å². The second-order valence-electron chi connectivity index (χ2n) is 4.54. The molecule has 2 aromatic heterocycles. The summed E-state index contributed by atoms with van der Waals surface area (Å²) < 4.78 is 6.67. The van der Waals surface area contributed by atoms with Gasteiger partial charge in [-0.05, 0) is 13.8 Å². The van der Waals surface area contributed by atoms with E-state index in [0.717, 1.165) is 6.54 Å². The van der Waals surface area contributed by atoms with E-state index in [-0.39, 0.29) is 6.04 Å². The Bertz CT molecular complexity index is 558. The predicted octanol–water partition coefficient (Wildman–Crippen LogP) is 0.355. The largest absolute Gasteiger partial charge is 0.383 e. The molecule has 0 amide bonds. The lowest BCUT2D eigenvalue weighted by atomic mass is 10.3. The first-order chi connectivity index (χ1) is 10.2. The van der Waals surface area contributed by atoms with E-state index in [1.54, 1.807) is 13.4 Å². The van der Waals surface area contributed by atoms with Crippen LogP contribution in [-0.4, -0.2) is 63.1 Å². The van der Waals surface area contributed by atoms with Crippen LogP contribution in [0.2, 0.25) is 0 Å². The third-order valence-electron chi connectivity index (χ3n) is 2.95. The van der Waals surface area contributed by atoms with Crippen LogP contribution in [0.25, 0.3) is 5.95 Å². The summed E-state index contributed by atoms with van der Waals surface area (Å²) in [5, 5.41) is 7.15. The quantitative estimate of drug-likeness (QED) is 0.781. The van der Waals surface area contributed by atoms with Crippen molar-refractivity contribution in [3.05, 3.63) is 12.7 Å². The highest BCUT2D eigenvalue weighted by Crippen LogP contribution is 2.14. The Kier molecular flexibility index (Phi) is 4.99. The molecule has 114 valence electrons. The van der Waals surface area contributed by atoms with Gasteiger partial charge in [-0.15, -0.1) is 0 Å². The van der Waals surface area contributed by atoms with E-state index in [4.69, 9.17) is 4.74 Å². The van der Waals surface area contributed by atoms with E-state index >= 15 is 0 Å². The van der Waals surface area contributed by atoms with E-state index in [9.17, 15) is 0 Å². The minimum absolute atomic E-state index is 0.135. The first-order valence-corrected chi connectivity index (χ1v) is 6.72. The van der Waals surface area contributed by atoms with Crippen LogP contribution >= 0.6 is 0 Å². The Labute approximate surface area is 123 Å². The van der Waals surface area contributed by atoms with Gasteiger partial charge in [0.25, 0.3) is 5.95 Å². The van der Waals surface area contributed by atoms with Crippen LogP contribution < -0.4 is 10.2 Å². The van der Waals surface area contributed by atoms with Gasteiger partial charge < -0.3 is 15.0 Å². The van der Waals surface area contributed by atoms with E-state index in [0.29, 0.717) is 24.5 Å². The highest BCUT2D eigenvalue weighted by Gasteiger charge is 2.16. The molecule has 2 aromatic rings. The second-order valence-corrected chi connectivity index (χ2v) is 4.54. The molecule has 1 unspecified atom stereocenters. The number of hydrogen-bond donors (Lipinski definition) is 1. The molecule has 9 nitrogen and oxygen atoms in total. The summed E-state index contributed by atoms with van der Waals surface area (Å²) in [6, 6.07) is 0.135. The molecule has 0 aliphatic rings. The molecule has 2 heterocycles. The number of aromatic nitrogens is 6. The molecule has 21 heavy (non-hydrogen) atoms. The summed E-state index contributed by atoms with van der Waals surface area (Å²) in [6.45, 7) is 5.32. The Balaban J connectivity index is 2.36. The Morgan fingerprint density at radius 1 is 1.38 bits per heavy atom. The van der Waals surface area contributed by atoms with Crippen molar-refractivity contribution in [2.45, 2.75) is 19.9 Å². The zero-order chi connectivity index (χ0) is 15.2. The third kappa shape index (κ3) is 3.63. The van der Waals surface area contributed by atoms with E-state index in [1.807, 2.05) is 25.8 Å². The van der Waals surface area contributed by atoms with Gasteiger partial charge in [0.2, 0.25) is 11.9 Å². The van der Waals surface area contributed by atoms with Gasteiger partial charge in [0, 0.05) is 20.7 Å². The standard InChI is InChI=1S/C12H20N8O/c1-5-14-10-16-11(19(3)9(2)6-21-4)18-12(17-10)20-8-13-7-15-20/h7-9H,5-6H2,1-4H3,(H,14,16,17,18). The molecule has 9 heteroatoms. The summed E-state index contributed by atoms with van der Waals surface area (Å²) in [5.41, 5.74) is 0. The average molecular weight is 292 g/mol. The highest BCUT2D eigenvalue weighted by molar-refractivity contribution is 5.40. The minimum atomic E-state index is 0.135. The maximum atomic E-state index is 5.17. The molecular weight excluding hydrogens is 272 g/mol. The van der Waals surface area contributed by atoms with Crippen molar-refractivity contribution in [3.63, 3.8) is 0 Å². The molecule has 0 saturated carbocycles. The zero-order valence-electron chi connectivity index (χ0n) is 12.7. The fourth-order valence-electron chi connectivity index (χ4n) is 1.71. The van der Waals surface area contributed by atoms with Crippen LogP contribution in [0, 0.1) is 0 Å². The van der Waals surface area contributed by atoms with Gasteiger partial charge in [-0.3, -0.25) is 0 Å². The number of likely N-dealkylation sites (N-methyl/N-ethyl adjacent to an activating group) is 1. The van der Waals surface area contributed by atoms with Gasteiger partial charge in [-0.1, -0.05) is 0 Å². The maximum absolute atomic E-state index is 5.17. The van der Waals surface area contributed by atoms with Crippen molar-refractivity contribution in [1.82, 2.24) is 29.7 Å². The molecule has 0 spiro atoms. The summed E-state index contributed by atoms with van der Waals surface area (Å²) in [6.07, 6.45) is 2.99. The number of methoxy groups -OCH3 is 1. The first kappa shape index (κ1) is 15.1. The number of ether oxygens (including phenoxy) is 1. The van der Waals surface area contributed by atoms with E-state index in [2.05, 4.69) is 30.4 Å². The van der Waals surface area contributed by atoms with Crippen molar-refractivity contribution in [1.29, 1.82) is 0 Å². The Hall–Kier alpha value is -2.29. The molecule has 1 atom stereocenters. The van der Waals surface area contributed by atoms with Crippen LogP contribution in [0.15, 0.2) is 12.7 Å². The lowest BCUT2D eigenvalue weighted by Gasteiger charge is -2.24. The van der Waals surface area contributed by atoms with Gasteiger partial charge in [-0.2, -0.15) is 24.7 Å². The lowest BCUT2D eigenvalue weighted by Crippen LogP contribution is -2.34. The molecule has 0 aliphatic heterocycles. The fourth-order valence-corrected chi connectivity index (χ4v) is 1.71.